The van der Waals surface area contributed by atoms with Gasteiger partial charge >= 0.3 is 47.1 Å². The van der Waals surface area contributed by atoms with E-state index < -0.39 is 159 Å². The van der Waals surface area contributed by atoms with Gasteiger partial charge < -0.3 is 98.2 Å². The largest absolute Gasteiger partial charge is 0.463 e. The van der Waals surface area contributed by atoms with Crippen molar-refractivity contribution in [2.45, 2.75) is 177 Å². The Balaban J connectivity index is 1.49. The highest BCUT2D eigenvalue weighted by atomic mass is 28.5. The van der Waals surface area contributed by atoms with Gasteiger partial charge in [-0.2, -0.15) is 0 Å². The second kappa shape index (κ2) is 34.8. The Kier molecular flexibility index (Phi) is 28.0. The number of methoxy groups -OCH3 is 4. The molecule has 0 spiro atoms. The lowest BCUT2D eigenvalue weighted by Gasteiger charge is -2.51. The predicted octanol–water partition coefficient (Wildman–Crippen LogP) is 7.67. The Morgan fingerprint density at radius 1 is 0.554 bits per heavy atom. The van der Waals surface area contributed by atoms with Crippen molar-refractivity contribution in [1.82, 2.24) is 0 Å². The molecular formula is C63H91NO26Si2. The number of benzene rings is 3. The summed E-state index contributed by atoms with van der Waals surface area (Å²) in [7, 11) is -1.44. The highest BCUT2D eigenvalue weighted by molar-refractivity contribution is 6.84. The lowest BCUT2D eigenvalue weighted by atomic mass is 9.96. The van der Waals surface area contributed by atoms with Crippen LogP contribution in [0, 0.1) is 0 Å². The number of hydrogen-bond donors (Lipinski definition) is 1. The van der Waals surface area contributed by atoms with E-state index in [1.54, 1.807) is 78.9 Å². The lowest BCUT2D eigenvalue weighted by molar-refractivity contribution is -0.413. The summed E-state index contributed by atoms with van der Waals surface area (Å²) in [6.07, 6.45) is -21.3. The highest BCUT2D eigenvalue weighted by Crippen LogP contribution is 2.51. The van der Waals surface area contributed by atoms with Crippen LogP contribution in [-0.2, 0) is 108 Å². The molecule has 4 aliphatic heterocycles. The van der Waals surface area contributed by atoms with Crippen molar-refractivity contribution in [2.24, 2.45) is 0 Å². The number of ether oxygens (including phenoxy) is 18. The van der Waals surface area contributed by atoms with Gasteiger partial charge in [0.05, 0.1) is 24.3 Å². The Morgan fingerprint density at radius 2 is 1.05 bits per heavy atom. The van der Waals surface area contributed by atoms with Gasteiger partial charge in [-0.25, -0.2) is 14.4 Å². The van der Waals surface area contributed by atoms with Gasteiger partial charge in [-0.1, -0.05) is 110 Å². The molecule has 0 aliphatic carbocycles. The van der Waals surface area contributed by atoms with Gasteiger partial charge in [-0.05, 0) is 58.6 Å². The molecule has 29 heteroatoms. The average Bonchev–Trinajstić information content (AvgIpc) is 1.53. The minimum Gasteiger partial charge on any atom is -0.463 e. The van der Waals surface area contributed by atoms with Crippen molar-refractivity contribution in [2.75, 3.05) is 87.4 Å². The third-order valence-corrected chi connectivity index (χ3v) is 26.1. The van der Waals surface area contributed by atoms with E-state index in [1.165, 1.54) is 40.6 Å². The van der Waals surface area contributed by atoms with E-state index in [1.807, 2.05) is 55.4 Å². The van der Waals surface area contributed by atoms with Crippen LogP contribution in [0.1, 0.15) is 90.0 Å². The smallest absolute Gasteiger partial charge is 0.412 e. The van der Waals surface area contributed by atoms with E-state index in [9.17, 15) is 24.0 Å². The summed E-state index contributed by atoms with van der Waals surface area (Å²) < 4.78 is 136. The molecule has 0 saturated carbocycles. The molecule has 4 heterocycles. The van der Waals surface area contributed by atoms with Crippen molar-refractivity contribution in [1.29, 1.82) is 0 Å². The van der Waals surface area contributed by atoms with Crippen LogP contribution < -0.4 is 5.32 Å². The molecule has 0 radical (unpaired) electrons. The van der Waals surface area contributed by atoms with Crippen molar-refractivity contribution in [3.05, 3.63) is 102 Å². The van der Waals surface area contributed by atoms with Crippen LogP contribution in [-0.4, -0.2) is 215 Å². The van der Waals surface area contributed by atoms with Crippen LogP contribution in [0.3, 0.4) is 0 Å². The Morgan fingerprint density at radius 3 is 1.59 bits per heavy atom. The number of esters is 4. The Labute approximate surface area is 539 Å². The highest BCUT2D eigenvalue weighted by Gasteiger charge is 2.69. The molecule has 7 rings (SSSR count). The zero-order valence-electron chi connectivity index (χ0n) is 54.7. The SMILES string of the molecule is COCOC[C@H]1O[C@@H](O[C@H]2[C@@H](O[C@@]3(COC(C)=O)O[C@@H]4CO[Si](C(C)C)(C(C)C)O[Si](C(C)C)(C(C)C)O[C@H]4[C@@H]3OC(=O)c3ccccc3)O[C@H](COC(C)=O)[C@@H](OC(=O)c3ccccc3)[C@@H]2OCOC)[C@H](OC(=O)Nc2ccccc2)[C@@H](OCOC)[C@@H]1OCOC. The van der Waals surface area contributed by atoms with Gasteiger partial charge in [-0.15, -0.1) is 0 Å². The van der Waals surface area contributed by atoms with Gasteiger partial charge in [0.25, 0.3) is 0 Å². The molecule has 1 N–H and O–H groups in total. The van der Waals surface area contributed by atoms with Crippen molar-refractivity contribution in [3.63, 3.8) is 0 Å². The van der Waals surface area contributed by atoms with E-state index in [2.05, 4.69) is 5.32 Å². The van der Waals surface area contributed by atoms with E-state index in [-0.39, 0.29) is 60.1 Å². The maximum atomic E-state index is 14.9. The van der Waals surface area contributed by atoms with E-state index in [0.717, 1.165) is 13.8 Å². The zero-order valence-corrected chi connectivity index (χ0v) is 56.7. The maximum absolute atomic E-state index is 14.9. The molecular weight excluding hydrogens is 1240 g/mol. The fourth-order valence-electron chi connectivity index (χ4n) is 11.6. The normalized spacial score (nSPS) is 28.6. The third kappa shape index (κ3) is 18.3. The predicted molar refractivity (Wildman–Crippen MR) is 328 cm³/mol. The van der Waals surface area contributed by atoms with Crippen molar-refractivity contribution >= 4 is 52.8 Å². The van der Waals surface area contributed by atoms with Crippen LogP contribution in [0.4, 0.5) is 10.5 Å². The minimum absolute atomic E-state index is 0.0977. The number of nitrogens with one attached hydrogen (secondary N) is 1. The summed E-state index contributed by atoms with van der Waals surface area (Å²) >= 11 is 0. The monoisotopic (exact) mass is 1330 g/mol. The van der Waals surface area contributed by atoms with Gasteiger partial charge in [-0.3, -0.25) is 14.9 Å². The van der Waals surface area contributed by atoms with Gasteiger partial charge in [0.15, 0.2) is 30.9 Å². The second-order valence-corrected chi connectivity index (χ2v) is 32.4. The molecule has 0 aromatic heterocycles. The molecule has 4 saturated heterocycles. The molecule has 1 amide bonds. The molecule has 4 aliphatic rings. The first kappa shape index (κ1) is 74.0. The number of amides is 1. The molecule has 92 heavy (non-hydrogen) atoms. The minimum atomic E-state index is -3.65. The Hall–Kier alpha value is -5.40. The fourth-order valence-corrected chi connectivity index (χ4v) is 22.8. The Bertz CT molecular complexity index is 2760. The van der Waals surface area contributed by atoms with E-state index >= 15 is 0 Å². The first-order valence-electron chi connectivity index (χ1n) is 30.6. The molecule has 14 atom stereocenters. The summed E-state index contributed by atoms with van der Waals surface area (Å²) in [6, 6.07) is 24.6. The third-order valence-electron chi connectivity index (χ3n) is 15.9. The molecule has 3 aromatic rings. The summed E-state index contributed by atoms with van der Waals surface area (Å²) in [5.74, 6) is -5.83. The number of anilines is 1. The fraction of sp³-hybridized carbons (Fsp3) is 0.635. The number of carbonyl (C=O) groups excluding carboxylic acids is 5. The standard InChI is InChI=1S/C63H91NO26Si2/c1-38(2)91(39(3)4)80-32-49-52(89-92(90-91,40(5)6)41(7)8)57(86-59(68)45-26-20-16-21-27-45)63(87-49,33-76-43(10)66)88-61-56(54(79-37-73-14)51(48(82-61)31-75-42(9)65)83-58(67)44-24-18-15-19-25-44)84-60-55(85-62(69)64-46-28-22-17-23-29-46)53(78-36-72-13)50(77-35-71-12)47(81-60)30-74-34-70-11/h15-29,38-41,47-57,60-61H,30-37H2,1-14H3,(H,64,69)/t47-,48-,49-,50-,51-,52-,53+,54+,55-,56-,57+,60+,61-,63-/m1/s1. The lowest BCUT2D eigenvalue weighted by Crippen LogP contribution is -2.68. The molecule has 512 valence electrons. The molecule has 27 nitrogen and oxygen atoms in total. The average molecular weight is 1330 g/mol. The number of rotatable bonds is 31. The number of para-hydroxylation sites is 1. The molecule has 3 aromatic carbocycles. The van der Waals surface area contributed by atoms with E-state index in [4.69, 9.17) is 98.2 Å². The van der Waals surface area contributed by atoms with Crippen LogP contribution in [0.15, 0.2) is 91.0 Å². The molecule has 4 fully saturated rings. The summed E-state index contributed by atoms with van der Waals surface area (Å²) in [4.78, 5) is 70.2. The summed E-state index contributed by atoms with van der Waals surface area (Å²) in [6.45, 7) is 15.1. The topological polar surface area (TPSA) is 291 Å². The van der Waals surface area contributed by atoms with Gasteiger partial charge in [0.1, 0.15) is 89.2 Å². The van der Waals surface area contributed by atoms with Crippen LogP contribution in [0.25, 0.3) is 0 Å². The molecule has 0 unspecified atom stereocenters. The maximum Gasteiger partial charge on any atom is 0.412 e. The number of carbonyl (C=O) groups is 5. The van der Waals surface area contributed by atoms with E-state index in [0.29, 0.717) is 5.69 Å². The number of fused-ring (bicyclic) bond motifs is 1. The first-order valence-corrected chi connectivity index (χ1v) is 34.5. The van der Waals surface area contributed by atoms with Gasteiger partial charge in [0, 0.05) is 48.0 Å². The summed E-state index contributed by atoms with van der Waals surface area (Å²) in [5, 5.41) is 2.72. The first-order chi connectivity index (χ1) is 44.1. The number of hydrogen-bond acceptors (Lipinski definition) is 26. The second-order valence-electron chi connectivity index (χ2n) is 23.6. The van der Waals surface area contributed by atoms with Crippen molar-refractivity contribution in [3.8, 4) is 0 Å². The summed E-state index contributed by atoms with van der Waals surface area (Å²) in [5.41, 5.74) is -0.212. The zero-order chi connectivity index (χ0) is 66.8. The van der Waals surface area contributed by atoms with Crippen LogP contribution >= 0.6 is 0 Å². The van der Waals surface area contributed by atoms with Gasteiger partial charge in [0.2, 0.25) is 5.79 Å². The van der Waals surface area contributed by atoms with Crippen LogP contribution in [0.2, 0.25) is 22.2 Å². The van der Waals surface area contributed by atoms with Crippen LogP contribution in [0.5, 0.6) is 0 Å². The quantitative estimate of drug-likeness (QED) is 0.0212. The molecule has 0 bridgehead atoms. The van der Waals surface area contributed by atoms with Crippen molar-refractivity contribution < 1.29 is 122 Å².